The van der Waals surface area contributed by atoms with Gasteiger partial charge in [-0.05, 0) is 28.7 Å². The van der Waals surface area contributed by atoms with Crippen LogP contribution in [0.1, 0.15) is 11.3 Å². The molecule has 4 rings (SSSR count). The van der Waals surface area contributed by atoms with Crippen molar-refractivity contribution in [2.45, 2.75) is 30.3 Å². The second-order valence-electron chi connectivity index (χ2n) is 6.67. The topological polar surface area (TPSA) is 99.9 Å². The van der Waals surface area contributed by atoms with Crippen LogP contribution in [0, 0.1) is 0 Å². The molecule has 0 radical (unpaired) electrons. The first-order valence-corrected chi connectivity index (χ1v) is 9.74. The number of carbonyl (C=O) groups is 3. The van der Waals surface area contributed by atoms with Crippen molar-refractivity contribution in [1.82, 2.24) is 10.2 Å². The lowest BCUT2D eigenvalue weighted by Crippen LogP contribution is -2.74. The molecule has 2 N–H and O–H groups in total. The number of carboxylic acid groups (broad SMARTS) is 1. The molecular formula is C20H18N2O5S. The van der Waals surface area contributed by atoms with Crippen LogP contribution in [-0.4, -0.2) is 45.2 Å². The van der Waals surface area contributed by atoms with E-state index in [1.54, 1.807) is 17.5 Å². The van der Waals surface area contributed by atoms with Gasteiger partial charge in [-0.3, -0.25) is 9.59 Å². The Kier molecular flexibility index (Phi) is 4.95. The fourth-order valence-electron chi connectivity index (χ4n) is 3.47. The van der Waals surface area contributed by atoms with E-state index >= 15 is 0 Å². The molecule has 2 aromatic rings. The maximum absolute atomic E-state index is 12.6. The van der Waals surface area contributed by atoms with E-state index in [1.807, 2.05) is 30.3 Å². The van der Waals surface area contributed by atoms with Crippen molar-refractivity contribution in [3.05, 3.63) is 71.0 Å². The number of amides is 2. The predicted octanol–water partition coefficient (Wildman–Crippen LogP) is 1.80. The van der Waals surface area contributed by atoms with Crippen molar-refractivity contribution in [2.75, 3.05) is 0 Å². The SMILES string of the molecule is O=C(Cc1ccccc1)NC1C(=O)N2C(C(=O)O)C(Cc3ccco3)=CS[C@H]12. The van der Waals surface area contributed by atoms with Gasteiger partial charge in [0.25, 0.3) is 0 Å². The summed E-state index contributed by atoms with van der Waals surface area (Å²) in [5.41, 5.74) is 1.44. The van der Waals surface area contributed by atoms with E-state index in [0.29, 0.717) is 17.8 Å². The monoisotopic (exact) mass is 398 g/mol. The third-order valence-electron chi connectivity index (χ3n) is 4.78. The zero-order valence-electron chi connectivity index (χ0n) is 14.8. The third-order valence-corrected chi connectivity index (χ3v) is 6.00. The van der Waals surface area contributed by atoms with Crippen molar-refractivity contribution in [3.63, 3.8) is 0 Å². The Bertz CT molecular complexity index is 925. The number of aliphatic carboxylic acids is 1. The molecule has 0 bridgehead atoms. The molecule has 2 unspecified atom stereocenters. The van der Waals surface area contributed by atoms with E-state index in [-0.39, 0.29) is 18.2 Å². The van der Waals surface area contributed by atoms with Crippen molar-refractivity contribution in [1.29, 1.82) is 0 Å². The number of hydrogen-bond acceptors (Lipinski definition) is 5. The Morgan fingerprint density at radius 1 is 1.18 bits per heavy atom. The highest BCUT2D eigenvalue weighted by Crippen LogP contribution is 2.40. The van der Waals surface area contributed by atoms with E-state index < -0.39 is 23.4 Å². The minimum atomic E-state index is -1.09. The summed E-state index contributed by atoms with van der Waals surface area (Å²) in [6.07, 6.45) is 2.01. The molecule has 1 fully saturated rings. The van der Waals surface area contributed by atoms with Crippen LogP contribution in [-0.2, 0) is 27.2 Å². The third kappa shape index (κ3) is 3.43. The zero-order chi connectivity index (χ0) is 19.7. The minimum absolute atomic E-state index is 0.171. The maximum Gasteiger partial charge on any atom is 0.330 e. The minimum Gasteiger partial charge on any atom is -0.479 e. The van der Waals surface area contributed by atoms with Crippen LogP contribution in [0.2, 0.25) is 0 Å². The summed E-state index contributed by atoms with van der Waals surface area (Å²) in [4.78, 5) is 38.1. The molecule has 0 spiro atoms. The summed E-state index contributed by atoms with van der Waals surface area (Å²) >= 11 is 1.35. The number of hydrogen-bond donors (Lipinski definition) is 2. The standard InChI is InChI=1S/C20H18N2O5S/c23-15(9-12-5-2-1-3-6-12)21-16-18(24)22-17(20(25)26)13(11-28-19(16)22)10-14-7-4-8-27-14/h1-8,11,16-17,19H,9-10H2,(H,21,23)(H,25,26)/t16?,17?,19-/m1/s1. The summed E-state index contributed by atoms with van der Waals surface area (Å²) in [5.74, 6) is -1.10. The number of carbonyl (C=O) groups excluding carboxylic acids is 2. The second kappa shape index (κ2) is 7.55. The lowest BCUT2D eigenvalue weighted by atomic mass is 9.95. The van der Waals surface area contributed by atoms with Crippen LogP contribution in [0.3, 0.4) is 0 Å². The number of thioether (sulfide) groups is 1. The lowest BCUT2D eigenvalue weighted by molar-refractivity contribution is -0.160. The summed E-state index contributed by atoms with van der Waals surface area (Å²) in [6, 6.07) is 11.0. The molecule has 7 nitrogen and oxygen atoms in total. The highest BCUT2D eigenvalue weighted by molar-refractivity contribution is 8.02. The largest absolute Gasteiger partial charge is 0.479 e. The quantitative estimate of drug-likeness (QED) is 0.720. The van der Waals surface area contributed by atoms with Crippen molar-refractivity contribution in [2.24, 2.45) is 0 Å². The molecule has 1 aromatic carbocycles. The highest BCUT2D eigenvalue weighted by Gasteiger charge is 2.55. The molecule has 3 atom stereocenters. The Labute approximate surface area is 165 Å². The summed E-state index contributed by atoms with van der Waals surface area (Å²) in [7, 11) is 0. The molecule has 1 saturated heterocycles. The van der Waals surface area contributed by atoms with Crippen LogP contribution in [0.5, 0.6) is 0 Å². The number of furan rings is 1. The normalized spacial score (nSPS) is 23.4. The predicted molar refractivity (Wildman–Crippen MR) is 102 cm³/mol. The van der Waals surface area contributed by atoms with Crippen LogP contribution in [0.15, 0.2) is 64.1 Å². The van der Waals surface area contributed by atoms with Gasteiger partial charge in [0.15, 0.2) is 6.04 Å². The van der Waals surface area contributed by atoms with Gasteiger partial charge in [-0.25, -0.2) is 4.79 Å². The average molecular weight is 398 g/mol. The molecule has 2 aliphatic rings. The van der Waals surface area contributed by atoms with Crippen molar-refractivity contribution >= 4 is 29.5 Å². The van der Waals surface area contributed by atoms with E-state index in [2.05, 4.69) is 5.32 Å². The van der Waals surface area contributed by atoms with Gasteiger partial charge in [-0.1, -0.05) is 30.3 Å². The number of nitrogens with one attached hydrogen (secondary N) is 1. The lowest BCUT2D eigenvalue weighted by Gasteiger charge is -2.51. The van der Waals surface area contributed by atoms with Crippen molar-refractivity contribution < 1.29 is 23.9 Å². The molecule has 1 aromatic heterocycles. The molecule has 3 heterocycles. The fourth-order valence-corrected chi connectivity index (χ4v) is 4.70. The fraction of sp³-hybridized carbons (Fsp3) is 0.250. The summed E-state index contributed by atoms with van der Waals surface area (Å²) < 4.78 is 5.30. The molecule has 2 amide bonds. The number of benzene rings is 1. The smallest absolute Gasteiger partial charge is 0.330 e. The van der Waals surface area contributed by atoms with E-state index in [4.69, 9.17) is 4.42 Å². The number of nitrogens with zero attached hydrogens (tertiary/aromatic N) is 1. The molecule has 144 valence electrons. The first-order chi connectivity index (χ1) is 13.5. The Morgan fingerprint density at radius 2 is 1.96 bits per heavy atom. The van der Waals surface area contributed by atoms with Crippen molar-refractivity contribution in [3.8, 4) is 0 Å². The number of β-lactam (4-membered cyclic amide) rings is 1. The van der Waals surface area contributed by atoms with Gasteiger partial charge in [0.05, 0.1) is 12.7 Å². The Morgan fingerprint density at radius 3 is 2.64 bits per heavy atom. The van der Waals surface area contributed by atoms with Crippen LogP contribution >= 0.6 is 11.8 Å². The average Bonchev–Trinajstić information content (AvgIpc) is 3.19. The molecular weight excluding hydrogens is 380 g/mol. The van der Waals surface area contributed by atoms with E-state index in [0.717, 1.165) is 5.56 Å². The Balaban J connectivity index is 1.46. The Hall–Kier alpha value is -3.00. The number of rotatable bonds is 6. The van der Waals surface area contributed by atoms with E-state index in [1.165, 1.54) is 22.9 Å². The van der Waals surface area contributed by atoms with Crippen LogP contribution in [0.4, 0.5) is 0 Å². The maximum atomic E-state index is 12.6. The van der Waals surface area contributed by atoms with Gasteiger partial charge in [0, 0.05) is 6.42 Å². The molecule has 8 heteroatoms. The molecule has 0 saturated carbocycles. The van der Waals surface area contributed by atoms with Gasteiger partial charge in [0.2, 0.25) is 11.8 Å². The summed E-state index contributed by atoms with van der Waals surface area (Å²) in [5, 5.41) is 13.8. The molecule has 2 aliphatic heterocycles. The van der Waals surface area contributed by atoms with Crippen LogP contribution < -0.4 is 5.32 Å². The number of fused-ring (bicyclic) bond motifs is 1. The summed E-state index contributed by atoms with van der Waals surface area (Å²) in [6.45, 7) is 0. The van der Waals surface area contributed by atoms with Gasteiger partial charge in [0.1, 0.15) is 17.2 Å². The number of carboxylic acids is 1. The first-order valence-electron chi connectivity index (χ1n) is 8.79. The van der Waals surface area contributed by atoms with Gasteiger partial charge < -0.3 is 19.7 Å². The zero-order valence-corrected chi connectivity index (χ0v) is 15.6. The van der Waals surface area contributed by atoms with Gasteiger partial charge in [-0.15, -0.1) is 11.8 Å². The molecule has 28 heavy (non-hydrogen) atoms. The first kappa shape index (κ1) is 18.4. The van der Waals surface area contributed by atoms with E-state index in [9.17, 15) is 19.5 Å². The van der Waals surface area contributed by atoms with Gasteiger partial charge >= 0.3 is 5.97 Å². The second-order valence-corrected chi connectivity index (χ2v) is 7.66. The highest BCUT2D eigenvalue weighted by atomic mass is 32.2. The molecule has 0 aliphatic carbocycles. The van der Waals surface area contributed by atoms with Gasteiger partial charge in [-0.2, -0.15) is 0 Å². The van der Waals surface area contributed by atoms with Crippen LogP contribution in [0.25, 0.3) is 0 Å².